The van der Waals surface area contributed by atoms with Crippen LogP contribution in [0.25, 0.3) is 11.1 Å². The molecule has 0 aliphatic heterocycles. The van der Waals surface area contributed by atoms with E-state index in [0.29, 0.717) is 11.5 Å². The zero-order chi connectivity index (χ0) is 25.2. The number of halogens is 1. The number of hydrogen-bond acceptors (Lipinski definition) is 6. The van der Waals surface area contributed by atoms with E-state index in [1.165, 1.54) is 6.07 Å². The molecule has 4 rings (SSSR count). The minimum Gasteiger partial charge on any atom is -0.490 e. The summed E-state index contributed by atoms with van der Waals surface area (Å²) in [4.78, 5) is 24.6. The number of para-hydroxylation sites is 1. The van der Waals surface area contributed by atoms with Gasteiger partial charge in [0.2, 0.25) is 0 Å². The lowest BCUT2D eigenvalue weighted by atomic mass is 10.1. The molecule has 0 saturated heterocycles. The Morgan fingerprint density at radius 3 is 2.14 bits per heavy atom. The predicted molar refractivity (Wildman–Crippen MR) is 139 cm³/mol. The van der Waals surface area contributed by atoms with Crippen molar-refractivity contribution < 1.29 is 28.5 Å². The van der Waals surface area contributed by atoms with Gasteiger partial charge in [0.1, 0.15) is 30.5 Å². The molecule has 0 amide bonds. The fraction of sp³-hybridized carbons (Fsp3) is 0.103. The van der Waals surface area contributed by atoms with Gasteiger partial charge in [0.25, 0.3) is 0 Å². The molecule has 6 nitrogen and oxygen atoms in total. The number of ether oxygens (including phenoxy) is 4. The van der Waals surface area contributed by atoms with Crippen molar-refractivity contribution in [3.05, 3.63) is 113 Å². The van der Waals surface area contributed by atoms with Gasteiger partial charge in [0.15, 0.2) is 6.61 Å². The Labute approximate surface area is 217 Å². The lowest BCUT2D eigenvalue weighted by Gasteiger charge is -2.11. The minimum atomic E-state index is -0.601. The molecule has 0 saturated carbocycles. The zero-order valence-electron chi connectivity index (χ0n) is 19.3. The molecule has 0 bridgehead atoms. The van der Waals surface area contributed by atoms with Gasteiger partial charge < -0.3 is 18.9 Å². The lowest BCUT2D eigenvalue weighted by Crippen LogP contribution is -2.18. The Bertz CT molecular complexity index is 1310. The highest BCUT2D eigenvalue weighted by molar-refractivity contribution is 9.10. The Morgan fingerprint density at radius 2 is 1.39 bits per heavy atom. The molecule has 0 radical (unpaired) electrons. The van der Waals surface area contributed by atoms with Crippen LogP contribution in [0.15, 0.2) is 108 Å². The van der Waals surface area contributed by atoms with Gasteiger partial charge >= 0.3 is 11.9 Å². The van der Waals surface area contributed by atoms with Crippen molar-refractivity contribution >= 4 is 27.9 Å². The van der Waals surface area contributed by atoms with Gasteiger partial charge in [-0.15, -0.1) is 0 Å². The van der Waals surface area contributed by atoms with Gasteiger partial charge in [-0.25, -0.2) is 9.59 Å². The van der Waals surface area contributed by atoms with Crippen molar-refractivity contribution in [2.24, 2.45) is 0 Å². The third kappa shape index (κ3) is 7.20. The second-order valence-electron chi connectivity index (χ2n) is 7.60. The van der Waals surface area contributed by atoms with Gasteiger partial charge in [-0.2, -0.15) is 0 Å². The molecule has 0 spiro atoms. The second-order valence-corrected chi connectivity index (χ2v) is 8.45. The van der Waals surface area contributed by atoms with Crippen molar-refractivity contribution in [3.8, 4) is 28.4 Å². The predicted octanol–water partition coefficient (Wildman–Crippen LogP) is 6.34. The first-order valence-corrected chi connectivity index (χ1v) is 12.0. The van der Waals surface area contributed by atoms with E-state index in [1.807, 2.05) is 72.8 Å². The normalized spacial score (nSPS) is 10.4. The van der Waals surface area contributed by atoms with Crippen molar-refractivity contribution in [2.45, 2.75) is 0 Å². The third-order valence-corrected chi connectivity index (χ3v) is 5.63. The van der Waals surface area contributed by atoms with E-state index in [1.54, 1.807) is 24.3 Å². The van der Waals surface area contributed by atoms with Crippen LogP contribution in [-0.4, -0.2) is 31.8 Å². The van der Waals surface area contributed by atoms with Gasteiger partial charge in [0.05, 0.1) is 10.0 Å². The number of hydrogen-bond donors (Lipinski definition) is 0. The van der Waals surface area contributed by atoms with Crippen LogP contribution >= 0.6 is 15.9 Å². The van der Waals surface area contributed by atoms with Crippen molar-refractivity contribution in [1.82, 2.24) is 0 Å². The summed E-state index contributed by atoms with van der Waals surface area (Å²) >= 11 is 3.49. The first-order valence-electron chi connectivity index (χ1n) is 11.2. The average Bonchev–Trinajstić information content (AvgIpc) is 2.91. The summed E-state index contributed by atoms with van der Waals surface area (Å²) in [6.07, 6.45) is 0. The third-order valence-electron chi connectivity index (χ3n) is 5.01. The summed E-state index contributed by atoms with van der Waals surface area (Å²) in [5.74, 6) is 0.293. The summed E-state index contributed by atoms with van der Waals surface area (Å²) in [5, 5.41) is 0. The fourth-order valence-corrected chi connectivity index (χ4v) is 3.80. The quantitative estimate of drug-likeness (QED) is 0.131. The Balaban J connectivity index is 1.25. The van der Waals surface area contributed by atoms with Gasteiger partial charge in [0, 0.05) is 0 Å². The van der Waals surface area contributed by atoms with E-state index in [-0.39, 0.29) is 31.1 Å². The van der Waals surface area contributed by atoms with E-state index < -0.39 is 11.9 Å². The van der Waals surface area contributed by atoms with E-state index in [9.17, 15) is 9.59 Å². The Hall–Kier alpha value is -4.10. The molecule has 0 fully saturated rings. The molecule has 4 aromatic carbocycles. The lowest BCUT2D eigenvalue weighted by molar-refractivity contribution is -0.136. The maximum atomic E-state index is 12.3. The number of benzene rings is 4. The molecular weight excluding hydrogens is 524 g/mol. The topological polar surface area (TPSA) is 71.1 Å². The number of rotatable bonds is 10. The van der Waals surface area contributed by atoms with Crippen LogP contribution in [0, 0.1) is 0 Å². The number of carbonyl (C=O) groups excluding carboxylic acids is 2. The number of esters is 2. The maximum Gasteiger partial charge on any atom is 0.349 e. The zero-order valence-corrected chi connectivity index (χ0v) is 20.8. The van der Waals surface area contributed by atoms with Crippen LogP contribution in [-0.2, 0) is 9.53 Å². The monoisotopic (exact) mass is 546 g/mol. The minimum absolute atomic E-state index is 0.0868. The fourth-order valence-electron chi connectivity index (χ4n) is 3.31. The van der Waals surface area contributed by atoms with Crippen LogP contribution < -0.4 is 14.2 Å². The van der Waals surface area contributed by atoms with Crippen LogP contribution in [0.2, 0.25) is 0 Å². The van der Waals surface area contributed by atoms with Crippen molar-refractivity contribution in [2.75, 3.05) is 19.8 Å². The van der Waals surface area contributed by atoms with E-state index in [2.05, 4.69) is 15.9 Å². The summed E-state index contributed by atoms with van der Waals surface area (Å²) < 4.78 is 22.4. The summed E-state index contributed by atoms with van der Waals surface area (Å²) in [6, 6.07) is 31.0. The first-order chi connectivity index (χ1) is 17.6. The largest absolute Gasteiger partial charge is 0.490 e. The maximum absolute atomic E-state index is 12.3. The highest BCUT2D eigenvalue weighted by Gasteiger charge is 2.12. The van der Waals surface area contributed by atoms with E-state index in [4.69, 9.17) is 18.9 Å². The van der Waals surface area contributed by atoms with Gasteiger partial charge in [-0.05, 0) is 69.5 Å². The van der Waals surface area contributed by atoms with Gasteiger partial charge in [-0.3, -0.25) is 0 Å². The summed E-state index contributed by atoms with van der Waals surface area (Å²) in [7, 11) is 0. The van der Waals surface area contributed by atoms with Crippen LogP contribution in [0.1, 0.15) is 10.4 Å². The molecule has 4 aromatic rings. The standard InChI is InChI=1S/C29H23BrO6/c30-26-19-22(21-8-3-1-4-9-21)14-15-27(26)35-20-28(31)36-25-13-7-10-23(18-25)29(32)34-17-16-33-24-11-5-2-6-12-24/h1-15,18-19H,16-17,20H2. The first kappa shape index (κ1) is 25.0. The van der Waals surface area contributed by atoms with Crippen LogP contribution in [0.4, 0.5) is 0 Å². The van der Waals surface area contributed by atoms with E-state index in [0.717, 1.165) is 15.6 Å². The molecular formula is C29H23BrO6. The molecule has 0 atom stereocenters. The highest BCUT2D eigenvalue weighted by Crippen LogP contribution is 2.30. The molecule has 36 heavy (non-hydrogen) atoms. The van der Waals surface area contributed by atoms with Crippen LogP contribution in [0.3, 0.4) is 0 Å². The SMILES string of the molecule is O=C(COc1ccc(-c2ccccc2)cc1Br)Oc1cccc(C(=O)OCCOc2ccccc2)c1. The molecule has 182 valence electrons. The molecule has 0 unspecified atom stereocenters. The molecule has 0 aliphatic rings. The molecule has 0 aliphatic carbocycles. The second kappa shape index (κ2) is 12.6. The number of carbonyl (C=O) groups is 2. The Morgan fingerprint density at radius 1 is 0.667 bits per heavy atom. The van der Waals surface area contributed by atoms with Crippen molar-refractivity contribution in [3.63, 3.8) is 0 Å². The summed E-state index contributed by atoms with van der Waals surface area (Å²) in [6.45, 7) is 0.0158. The Kier molecular flexibility index (Phi) is 8.72. The molecule has 7 heteroatoms. The smallest absolute Gasteiger partial charge is 0.349 e. The van der Waals surface area contributed by atoms with Gasteiger partial charge in [-0.1, -0.05) is 60.7 Å². The average molecular weight is 547 g/mol. The van der Waals surface area contributed by atoms with Crippen molar-refractivity contribution in [1.29, 1.82) is 0 Å². The van der Waals surface area contributed by atoms with E-state index >= 15 is 0 Å². The molecule has 0 heterocycles. The summed E-state index contributed by atoms with van der Waals surface area (Å²) in [5.41, 5.74) is 2.36. The molecule has 0 aromatic heterocycles. The highest BCUT2D eigenvalue weighted by atomic mass is 79.9. The van der Waals surface area contributed by atoms with Crippen LogP contribution in [0.5, 0.6) is 17.2 Å². The molecule has 0 N–H and O–H groups in total.